The summed E-state index contributed by atoms with van der Waals surface area (Å²) in [5, 5.41) is 10.7. The Hall–Kier alpha value is -2.64. The predicted molar refractivity (Wildman–Crippen MR) is 54.1 cm³/mol. The summed E-state index contributed by atoms with van der Waals surface area (Å²) >= 11 is 0. The molecule has 0 fully saturated rings. The van der Waals surface area contributed by atoms with Crippen molar-refractivity contribution in [2.24, 2.45) is 0 Å². The zero-order valence-electron chi connectivity index (χ0n) is 7.94. The van der Waals surface area contributed by atoms with E-state index in [0.29, 0.717) is 0 Å². The highest BCUT2D eigenvalue weighted by atomic mass is 16.6. The minimum absolute atomic E-state index is 0.0498. The summed E-state index contributed by atoms with van der Waals surface area (Å²) in [6.07, 6.45) is 5.29. The Bertz CT molecular complexity index is 529. The molecular weight excluding hydrogens is 212 g/mol. The molecule has 0 spiro atoms. The summed E-state index contributed by atoms with van der Waals surface area (Å²) in [6, 6.07) is 0. The standard InChI is InChI=1S/C8H6N6O2/c9-8-12-4-6(14(15)16)7(13-8)5-3-10-1-2-11-5/h1-4H,(H2,9,12,13). The van der Waals surface area contributed by atoms with Crippen molar-refractivity contribution in [1.82, 2.24) is 19.9 Å². The normalized spacial score (nSPS) is 10.0. The fourth-order valence-electron chi connectivity index (χ4n) is 1.13. The lowest BCUT2D eigenvalue weighted by Crippen LogP contribution is -2.02. The number of rotatable bonds is 2. The van der Waals surface area contributed by atoms with E-state index in [1.807, 2.05) is 0 Å². The molecular formula is C8H6N6O2. The Kier molecular flexibility index (Phi) is 2.38. The lowest BCUT2D eigenvalue weighted by molar-refractivity contribution is -0.384. The number of nitrogens with zero attached hydrogens (tertiary/aromatic N) is 5. The third kappa shape index (κ3) is 1.75. The van der Waals surface area contributed by atoms with Gasteiger partial charge in [0.05, 0.1) is 11.1 Å². The molecule has 0 atom stereocenters. The van der Waals surface area contributed by atoms with Gasteiger partial charge in [-0.2, -0.15) is 0 Å². The van der Waals surface area contributed by atoms with Crippen molar-refractivity contribution in [3.63, 3.8) is 0 Å². The zero-order valence-corrected chi connectivity index (χ0v) is 7.94. The maximum atomic E-state index is 10.7. The highest BCUT2D eigenvalue weighted by molar-refractivity contribution is 5.65. The highest BCUT2D eigenvalue weighted by Crippen LogP contribution is 2.24. The fourth-order valence-corrected chi connectivity index (χ4v) is 1.13. The number of aromatic nitrogens is 4. The monoisotopic (exact) mass is 218 g/mol. The molecule has 2 aromatic rings. The van der Waals surface area contributed by atoms with Crippen LogP contribution in [0.2, 0.25) is 0 Å². The molecule has 0 saturated heterocycles. The SMILES string of the molecule is Nc1ncc([N+](=O)[O-])c(-c2cnccn2)n1. The van der Waals surface area contributed by atoms with Crippen LogP contribution in [0.5, 0.6) is 0 Å². The van der Waals surface area contributed by atoms with E-state index >= 15 is 0 Å². The quantitative estimate of drug-likeness (QED) is 0.572. The van der Waals surface area contributed by atoms with E-state index in [9.17, 15) is 10.1 Å². The highest BCUT2D eigenvalue weighted by Gasteiger charge is 2.19. The molecule has 2 N–H and O–H groups in total. The smallest absolute Gasteiger partial charge is 0.315 e. The Morgan fingerprint density at radius 2 is 2.06 bits per heavy atom. The second-order valence-electron chi connectivity index (χ2n) is 2.81. The van der Waals surface area contributed by atoms with Crippen LogP contribution >= 0.6 is 0 Å². The van der Waals surface area contributed by atoms with Crippen LogP contribution in [0.4, 0.5) is 11.6 Å². The van der Waals surface area contributed by atoms with Crippen LogP contribution in [0.3, 0.4) is 0 Å². The topological polar surface area (TPSA) is 121 Å². The van der Waals surface area contributed by atoms with Crippen LogP contribution < -0.4 is 5.73 Å². The molecule has 0 saturated carbocycles. The Balaban J connectivity index is 2.63. The molecule has 8 nitrogen and oxygen atoms in total. The largest absolute Gasteiger partial charge is 0.368 e. The first kappa shape index (κ1) is 9.90. The summed E-state index contributed by atoms with van der Waals surface area (Å²) in [5.41, 5.74) is 5.46. The van der Waals surface area contributed by atoms with Crippen molar-refractivity contribution in [3.8, 4) is 11.4 Å². The van der Waals surface area contributed by atoms with Gasteiger partial charge in [0.1, 0.15) is 11.9 Å². The van der Waals surface area contributed by atoms with E-state index in [1.54, 1.807) is 0 Å². The minimum atomic E-state index is -0.594. The van der Waals surface area contributed by atoms with Gasteiger partial charge in [-0.3, -0.25) is 20.1 Å². The number of nitro groups is 1. The predicted octanol–water partition coefficient (Wildman–Crippen LogP) is 0.424. The third-order valence-corrected chi connectivity index (χ3v) is 1.79. The van der Waals surface area contributed by atoms with Crippen molar-refractivity contribution in [3.05, 3.63) is 34.9 Å². The Labute approximate surface area is 89.4 Å². The third-order valence-electron chi connectivity index (χ3n) is 1.79. The number of hydrogen-bond acceptors (Lipinski definition) is 7. The molecule has 16 heavy (non-hydrogen) atoms. The van der Waals surface area contributed by atoms with Gasteiger partial charge in [0.25, 0.3) is 0 Å². The number of anilines is 1. The summed E-state index contributed by atoms with van der Waals surface area (Å²) in [6.45, 7) is 0. The molecule has 0 unspecified atom stereocenters. The molecule has 2 heterocycles. The number of hydrogen-bond donors (Lipinski definition) is 1. The summed E-state index contributed by atoms with van der Waals surface area (Å²) in [5.74, 6) is -0.0498. The van der Waals surface area contributed by atoms with Gasteiger partial charge in [-0.05, 0) is 0 Å². The molecule has 2 rings (SSSR count). The molecule has 0 radical (unpaired) electrons. The van der Waals surface area contributed by atoms with Crippen molar-refractivity contribution in [2.45, 2.75) is 0 Å². The Morgan fingerprint density at radius 1 is 1.25 bits per heavy atom. The average molecular weight is 218 g/mol. The number of nitrogen functional groups attached to an aromatic ring is 1. The lowest BCUT2D eigenvalue weighted by atomic mass is 10.3. The summed E-state index contributed by atoms with van der Waals surface area (Å²) < 4.78 is 0. The maximum Gasteiger partial charge on any atom is 0.315 e. The summed E-state index contributed by atoms with van der Waals surface area (Å²) in [7, 11) is 0. The van der Waals surface area contributed by atoms with Crippen molar-refractivity contribution in [1.29, 1.82) is 0 Å². The van der Waals surface area contributed by atoms with Gasteiger partial charge >= 0.3 is 5.69 Å². The van der Waals surface area contributed by atoms with Gasteiger partial charge in [0.2, 0.25) is 5.95 Å². The van der Waals surface area contributed by atoms with Crippen LogP contribution in [0.1, 0.15) is 0 Å². The van der Waals surface area contributed by atoms with Gasteiger partial charge in [-0.15, -0.1) is 0 Å². The van der Waals surface area contributed by atoms with Gasteiger partial charge in [-0.1, -0.05) is 0 Å². The van der Waals surface area contributed by atoms with Crippen LogP contribution in [0.15, 0.2) is 24.8 Å². The van der Waals surface area contributed by atoms with E-state index in [-0.39, 0.29) is 23.0 Å². The number of nitrogens with two attached hydrogens (primary N) is 1. The molecule has 0 aliphatic carbocycles. The van der Waals surface area contributed by atoms with Crippen LogP contribution in [0.25, 0.3) is 11.4 Å². The first-order valence-corrected chi connectivity index (χ1v) is 4.22. The molecule has 2 aromatic heterocycles. The van der Waals surface area contributed by atoms with Gasteiger partial charge in [0.15, 0.2) is 5.69 Å². The van der Waals surface area contributed by atoms with Gasteiger partial charge in [0, 0.05) is 12.4 Å². The molecule has 0 bridgehead atoms. The van der Waals surface area contributed by atoms with E-state index in [0.717, 1.165) is 6.20 Å². The first-order valence-electron chi connectivity index (χ1n) is 4.22. The zero-order chi connectivity index (χ0) is 11.5. The molecule has 0 amide bonds. The van der Waals surface area contributed by atoms with Crippen molar-refractivity contribution in [2.75, 3.05) is 5.73 Å². The van der Waals surface area contributed by atoms with E-state index in [1.165, 1.54) is 18.6 Å². The first-order chi connectivity index (χ1) is 7.68. The molecule has 0 aliphatic heterocycles. The van der Waals surface area contributed by atoms with Crippen LogP contribution in [-0.2, 0) is 0 Å². The van der Waals surface area contributed by atoms with E-state index in [4.69, 9.17) is 5.73 Å². The van der Waals surface area contributed by atoms with Crippen LogP contribution in [0, 0.1) is 10.1 Å². The van der Waals surface area contributed by atoms with E-state index in [2.05, 4.69) is 19.9 Å². The minimum Gasteiger partial charge on any atom is -0.368 e. The van der Waals surface area contributed by atoms with Crippen LogP contribution in [-0.4, -0.2) is 24.9 Å². The van der Waals surface area contributed by atoms with Gasteiger partial charge in [-0.25, -0.2) is 9.97 Å². The maximum absolute atomic E-state index is 10.7. The van der Waals surface area contributed by atoms with E-state index < -0.39 is 4.92 Å². The molecule has 0 aliphatic rings. The molecule has 8 heteroatoms. The molecule has 0 aromatic carbocycles. The second kappa shape index (κ2) is 3.85. The summed E-state index contributed by atoms with van der Waals surface area (Å²) in [4.78, 5) is 25.2. The van der Waals surface area contributed by atoms with Gasteiger partial charge < -0.3 is 5.73 Å². The van der Waals surface area contributed by atoms with Crippen molar-refractivity contribution < 1.29 is 4.92 Å². The lowest BCUT2D eigenvalue weighted by Gasteiger charge is -2.00. The molecule has 80 valence electrons. The second-order valence-corrected chi connectivity index (χ2v) is 2.81. The van der Waals surface area contributed by atoms with Crippen molar-refractivity contribution >= 4 is 11.6 Å². The Morgan fingerprint density at radius 3 is 2.69 bits per heavy atom. The fraction of sp³-hybridized carbons (Fsp3) is 0. The average Bonchev–Trinajstić information content (AvgIpc) is 2.29.